The molecule has 2 heterocycles. The maximum Gasteiger partial charge on any atom is 0.338 e. The molecule has 0 saturated carbocycles. The number of esters is 1. The maximum atomic E-state index is 12.9. The first-order chi connectivity index (χ1) is 18.8. The van der Waals surface area contributed by atoms with E-state index in [1.165, 1.54) is 12.1 Å². The summed E-state index contributed by atoms with van der Waals surface area (Å²) >= 11 is 7.12. The van der Waals surface area contributed by atoms with Crippen molar-refractivity contribution in [3.63, 3.8) is 0 Å². The van der Waals surface area contributed by atoms with Crippen LogP contribution in [0.25, 0.3) is 6.08 Å². The molecule has 1 N–H and O–H groups in total. The molecule has 2 aliphatic heterocycles. The van der Waals surface area contributed by atoms with Crippen molar-refractivity contribution in [3.8, 4) is 11.5 Å². The summed E-state index contributed by atoms with van der Waals surface area (Å²) in [7, 11) is 0. The van der Waals surface area contributed by atoms with Crippen LogP contribution >= 0.6 is 23.4 Å². The quantitative estimate of drug-likeness (QED) is 0.299. The Morgan fingerprint density at radius 1 is 1.05 bits per heavy atom. The highest BCUT2D eigenvalue weighted by molar-refractivity contribution is 8.18. The molecule has 0 radical (unpaired) electrons. The van der Waals surface area contributed by atoms with Crippen LogP contribution in [0, 0.1) is 6.92 Å². The van der Waals surface area contributed by atoms with Gasteiger partial charge in [0.1, 0.15) is 0 Å². The van der Waals surface area contributed by atoms with E-state index in [2.05, 4.69) is 5.32 Å². The number of anilines is 1. The number of carbonyl (C=O) groups excluding carboxylic acids is 4. The average Bonchev–Trinajstić information content (AvgIpc) is 3.48. The van der Waals surface area contributed by atoms with E-state index in [9.17, 15) is 19.2 Å². The number of carbonyl (C=O) groups is 4. The van der Waals surface area contributed by atoms with Crippen LogP contribution < -0.4 is 14.8 Å². The van der Waals surface area contributed by atoms with Crippen molar-refractivity contribution < 1.29 is 33.4 Å². The van der Waals surface area contributed by atoms with Gasteiger partial charge in [0.2, 0.25) is 6.79 Å². The Labute approximate surface area is 232 Å². The molecule has 0 spiro atoms. The molecule has 11 heteroatoms. The van der Waals surface area contributed by atoms with Crippen LogP contribution in [0.2, 0.25) is 5.02 Å². The van der Waals surface area contributed by atoms with Crippen molar-refractivity contribution in [3.05, 3.63) is 92.8 Å². The zero-order valence-corrected chi connectivity index (χ0v) is 22.1. The topological polar surface area (TPSA) is 111 Å². The zero-order chi connectivity index (χ0) is 27.5. The lowest BCUT2D eigenvalue weighted by molar-refractivity contribution is -0.123. The van der Waals surface area contributed by atoms with Gasteiger partial charge < -0.3 is 19.5 Å². The third-order valence-electron chi connectivity index (χ3n) is 5.86. The molecule has 0 atom stereocenters. The number of hydrogen-bond donors (Lipinski definition) is 1. The van der Waals surface area contributed by atoms with Crippen molar-refractivity contribution in [1.29, 1.82) is 0 Å². The van der Waals surface area contributed by atoms with Crippen molar-refractivity contribution in [1.82, 2.24) is 4.90 Å². The van der Waals surface area contributed by atoms with Crippen molar-refractivity contribution in [2.75, 3.05) is 18.7 Å². The van der Waals surface area contributed by atoms with Gasteiger partial charge in [0, 0.05) is 16.8 Å². The van der Waals surface area contributed by atoms with E-state index in [0.29, 0.717) is 33.3 Å². The van der Waals surface area contributed by atoms with Gasteiger partial charge in [-0.15, -0.1) is 0 Å². The monoisotopic (exact) mass is 564 g/mol. The molecule has 9 nitrogen and oxygen atoms in total. The van der Waals surface area contributed by atoms with Crippen LogP contribution in [0.4, 0.5) is 10.5 Å². The highest BCUT2D eigenvalue weighted by atomic mass is 35.5. The van der Waals surface area contributed by atoms with Crippen LogP contribution in [-0.2, 0) is 20.9 Å². The van der Waals surface area contributed by atoms with E-state index in [1.54, 1.807) is 42.5 Å². The fourth-order valence-electron chi connectivity index (χ4n) is 3.80. The van der Waals surface area contributed by atoms with Crippen LogP contribution in [0.15, 0.2) is 65.6 Å². The number of thioether (sulfide) groups is 1. The number of amides is 3. The normalized spacial score (nSPS) is 15.1. The number of benzene rings is 3. The van der Waals surface area contributed by atoms with Crippen LogP contribution in [0.5, 0.6) is 11.5 Å². The van der Waals surface area contributed by atoms with E-state index in [1.807, 2.05) is 19.1 Å². The number of fused-ring (bicyclic) bond motifs is 1. The van der Waals surface area contributed by atoms with Gasteiger partial charge >= 0.3 is 5.97 Å². The summed E-state index contributed by atoms with van der Waals surface area (Å²) < 4.78 is 15.7. The standard InChI is InChI=1S/C28H21ClN2O7S/c1-16-2-8-20(9-3-16)30-25(32)14-36-27(34)18-6-4-17(5-7-18)10-24-26(33)31(28(35)39-24)13-19-11-22-23(12-21(19)29)38-15-37-22/h2-12H,13-15H2,1H3,(H,30,32). The van der Waals surface area contributed by atoms with E-state index < -0.39 is 29.6 Å². The second kappa shape index (κ2) is 11.2. The minimum absolute atomic E-state index is 0.0141. The lowest BCUT2D eigenvalue weighted by Crippen LogP contribution is -2.27. The molecule has 0 aliphatic carbocycles. The van der Waals surface area contributed by atoms with Gasteiger partial charge in [0.05, 0.1) is 17.0 Å². The molecule has 2 aliphatic rings. The lowest BCUT2D eigenvalue weighted by Gasteiger charge is -2.14. The molecule has 39 heavy (non-hydrogen) atoms. The summed E-state index contributed by atoms with van der Waals surface area (Å²) in [6.45, 7) is 1.57. The van der Waals surface area contributed by atoms with Crippen molar-refractivity contribution >= 4 is 58.1 Å². The highest BCUT2D eigenvalue weighted by Crippen LogP contribution is 2.39. The van der Waals surface area contributed by atoms with E-state index >= 15 is 0 Å². The Morgan fingerprint density at radius 2 is 1.74 bits per heavy atom. The van der Waals surface area contributed by atoms with E-state index in [4.69, 9.17) is 25.8 Å². The summed E-state index contributed by atoms with van der Waals surface area (Å²) in [6, 6.07) is 16.8. The molecule has 0 unspecified atom stereocenters. The number of hydrogen-bond acceptors (Lipinski definition) is 8. The molecular weight excluding hydrogens is 544 g/mol. The second-order valence-corrected chi connectivity index (χ2v) is 10.1. The Morgan fingerprint density at radius 3 is 2.46 bits per heavy atom. The molecule has 0 bridgehead atoms. The molecule has 1 fully saturated rings. The van der Waals surface area contributed by atoms with Gasteiger partial charge in [-0.3, -0.25) is 19.3 Å². The highest BCUT2D eigenvalue weighted by Gasteiger charge is 2.35. The van der Waals surface area contributed by atoms with Gasteiger partial charge in [-0.2, -0.15) is 0 Å². The number of imide groups is 1. The fraction of sp³-hybridized carbons (Fsp3) is 0.143. The predicted octanol–water partition coefficient (Wildman–Crippen LogP) is 5.41. The largest absolute Gasteiger partial charge is 0.454 e. The SMILES string of the molecule is Cc1ccc(NC(=O)COC(=O)c2ccc(C=C3SC(=O)N(Cc4cc5c(cc4Cl)OCO5)C3=O)cc2)cc1. The molecule has 3 aromatic carbocycles. The average molecular weight is 565 g/mol. The van der Waals surface area contributed by atoms with Gasteiger partial charge in [0.25, 0.3) is 17.1 Å². The fourth-order valence-corrected chi connectivity index (χ4v) is 4.85. The van der Waals surface area contributed by atoms with Crippen molar-refractivity contribution in [2.45, 2.75) is 13.5 Å². The Bertz CT molecular complexity index is 1500. The number of nitrogens with zero attached hydrogens (tertiary/aromatic N) is 1. The minimum atomic E-state index is -0.665. The van der Waals surface area contributed by atoms with E-state index in [0.717, 1.165) is 22.2 Å². The first-order valence-electron chi connectivity index (χ1n) is 11.7. The zero-order valence-electron chi connectivity index (χ0n) is 20.6. The summed E-state index contributed by atoms with van der Waals surface area (Å²) in [4.78, 5) is 51.3. The Kier molecular flexibility index (Phi) is 7.58. The van der Waals surface area contributed by atoms with Gasteiger partial charge in [0.15, 0.2) is 18.1 Å². The molecule has 3 aromatic rings. The first kappa shape index (κ1) is 26.3. The molecule has 0 aromatic heterocycles. The molecule has 1 saturated heterocycles. The summed E-state index contributed by atoms with van der Waals surface area (Å²) in [5.41, 5.74) is 3.06. The van der Waals surface area contributed by atoms with Crippen LogP contribution in [-0.4, -0.2) is 41.3 Å². The third-order valence-corrected chi connectivity index (χ3v) is 7.12. The number of rotatable bonds is 7. The van der Waals surface area contributed by atoms with Gasteiger partial charge in [-0.1, -0.05) is 41.4 Å². The third kappa shape index (κ3) is 6.08. The number of nitrogens with one attached hydrogen (secondary N) is 1. The smallest absolute Gasteiger partial charge is 0.338 e. The molecule has 3 amide bonds. The minimum Gasteiger partial charge on any atom is -0.454 e. The van der Waals surface area contributed by atoms with Gasteiger partial charge in [-0.25, -0.2) is 4.79 Å². The summed E-state index contributed by atoms with van der Waals surface area (Å²) in [5, 5.41) is 2.59. The lowest BCUT2D eigenvalue weighted by atomic mass is 10.1. The predicted molar refractivity (Wildman–Crippen MR) is 146 cm³/mol. The van der Waals surface area contributed by atoms with E-state index in [-0.39, 0.29) is 23.8 Å². The Balaban J connectivity index is 1.18. The molecular formula is C28H21ClN2O7S. The number of halogens is 1. The first-order valence-corrected chi connectivity index (χ1v) is 12.9. The van der Waals surface area contributed by atoms with Crippen molar-refractivity contribution in [2.24, 2.45) is 0 Å². The summed E-state index contributed by atoms with van der Waals surface area (Å²) in [6.07, 6.45) is 1.57. The molecule has 5 rings (SSSR count). The maximum absolute atomic E-state index is 12.9. The van der Waals surface area contributed by atoms with Crippen LogP contribution in [0.3, 0.4) is 0 Å². The van der Waals surface area contributed by atoms with Crippen LogP contribution in [0.1, 0.15) is 27.0 Å². The van der Waals surface area contributed by atoms with Gasteiger partial charge in [-0.05, 0) is 66.2 Å². The number of ether oxygens (including phenoxy) is 3. The number of aryl methyl sites for hydroxylation is 1. The Hall–Kier alpha value is -4.28. The summed E-state index contributed by atoms with van der Waals surface area (Å²) in [5.74, 6) is -0.567. The molecule has 198 valence electrons. The second-order valence-electron chi connectivity index (χ2n) is 8.68.